The monoisotopic (exact) mass is 106 g/mol. The van der Waals surface area contributed by atoms with Gasteiger partial charge < -0.3 is 11.0 Å². The van der Waals surface area contributed by atoms with Crippen molar-refractivity contribution in [1.82, 2.24) is 0 Å². The van der Waals surface area contributed by atoms with Gasteiger partial charge in [0.15, 0.2) is 17.4 Å². The van der Waals surface area contributed by atoms with Crippen LogP contribution in [0, 0.1) is 0 Å². The molecule has 0 aliphatic rings. The third-order valence-electron chi connectivity index (χ3n) is 0. The summed E-state index contributed by atoms with van der Waals surface area (Å²) in [6.45, 7) is 0. The predicted molar refractivity (Wildman–Crippen MR) is 24.3 cm³/mol. The van der Waals surface area contributed by atoms with Crippen molar-refractivity contribution in [3.8, 4) is 0 Å². The van der Waals surface area contributed by atoms with Crippen LogP contribution in [-0.2, 0) is 0 Å². The van der Waals surface area contributed by atoms with Gasteiger partial charge in [0, 0.05) is 0 Å². The van der Waals surface area contributed by atoms with Crippen molar-refractivity contribution < 1.29 is 11.0 Å². The molecule has 0 amide bonds. The van der Waals surface area contributed by atoms with Gasteiger partial charge in [-0.15, -0.1) is 0 Å². The molecule has 2 nitrogen and oxygen atoms in total. The van der Waals surface area contributed by atoms with Crippen LogP contribution in [0.15, 0.2) is 0 Å². The molecule has 0 radical (unpaired) electrons. The summed E-state index contributed by atoms with van der Waals surface area (Å²) >= 11 is 0. The van der Waals surface area contributed by atoms with Gasteiger partial charge in [0.05, 0.1) is 0 Å². The quantitative estimate of drug-likeness (QED) is 0.288. The fourth-order valence-electron chi connectivity index (χ4n) is 0. The van der Waals surface area contributed by atoms with Crippen molar-refractivity contribution in [3.63, 3.8) is 0 Å². The van der Waals surface area contributed by atoms with Crippen molar-refractivity contribution in [2.75, 3.05) is 0 Å². The van der Waals surface area contributed by atoms with Gasteiger partial charge in [-0.05, 0) is 0 Å². The second-order valence-corrected chi connectivity index (χ2v) is 0. The average molecular weight is 106 g/mol. The zero-order valence-electron chi connectivity index (χ0n) is 1.00. The molecule has 4 N–H and O–H groups in total. The fourth-order valence-corrected chi connectivity index (χ4v) is 0. The summed E-state index contributed by atoms with van der Waals surface area (Å²) in [5.41, 5.74) is 0. The van der Waals surface area contributed by atoms with E-state index in [1.807, 2.05) is 0 Å². The molecule has 4 heteroatoms. The summed E-state index contributed by atoms with van der Waals surface area (Å²) in [6, 6.07) is 0. The molecular weight excluding hydrogens is 98.1 g/mol. The maximum atomic E-state index is 0. The zero-order valence-corrected chi connectivity index (χ0v) is 1.00. The normalized spacial score (nSPS) is 0. The Morgan fingerprint density at radius 2 is 0.750 bits per heavy atom. The molecule has 0 aromatic heterocycles. The summed E-state index contributed by atoms with van der Waals surface area (Å²) in [5.74, 6) is 0. The van der Waals surface area contributed by atoms with Crippen LogP contribution in [0.2, 0.25) is 0 Å². The Bertz CT molecular complexity index is 6.00. The van der Waals surface area contributed by atoms with E-state index >= 15 is 0 Å². The van der Waals surface area contributed by atoms with E-state index in [9.17, 15) is 0 Å². The van der Waals surface area contributed by atoms with Crippen molar-refractivity contribution in [1.29, 1.82) is 0 Å². The molecular formula is H8AlKO2. The third-order valence-corrected chi connectivity index (χ3v) is 0. The van der Waals surface area contributed by atoms with Crippen molar-refractivity contribution >= 4 is 68.7 Å². The Hall–Kier alpha value is 2.09. The van der Waals surface area contributed by atoms with Gasteiger partial charge in [-0.3, -0.25) is 0 Å². The number of rotatable bonds is 0. The molecule has 0 aliphatic carbocycles. The van der Waals surface area contributed by atoms with Crippen LogP contribution in [0.4, 0.5) is 0 Å². The van der Waals surface area contributed by atoms with Crippen molar-refractivity contribution in [2.45, 2.75) is 0 Å². The Morgan fingerprint density at radius 3 is 0.750 bits per heavy atom. The molecule has 0 bridgehead atoms. The molecule has 0 heterocycles. The molecule has 0 spiro atoms. The van der Waals surface area contributed by atoms with Crippen LogP contribution < -0.4 is 0 Å². The van der Waals surface area contributed by atoms with E-state index in [1.54, 1.807) is 0 Å². The summed E-state index contributed by atoms with van der Waals surface area (Å²) in [4.78, 5) is 0. The van der Waals surface area contributed by atoms with Crippen LogP contribution in [0.25, 0.3) is 0 Å². The molecule has 0 aromatic carbocycles. The second kappa shape index (κ2) is 19.5. The van der Waals surface area contributed by atoms with Gasteiger partial charge >= 0.3 is 51.4 Å². The Morgan fingerprint density at radius 1 is 0.750 bits per heavy atom. The number of hydrogen-bond donors (Lipinski definition) is 0. The van der Waals surface area contributed by atoms with E-state index in [0.29, 0.717) is 0 Å². The van der Waals surface area contributed by atoms with Crippen LogP contribution >= 0.6 is 0 Å². The standard InChI is InChI=1S/Al.K.2H2O.4H/h;;2*1H2;;;;. The first-order chi connectivity index (χ1) is 0. The molecule has 24 valence electrons. The summed E-state index contributed by atoms with van der Waals surface area (Å²) < 4.78 is 0. The molecule has 0 aromatic rings. The second-order valence-electron chi connectivity index (χ2n) is 0. The first kappa shape index (κ1) is 36.1. The molecule has 0 unspecified atom stereocenters. The van der Waals surface area contributed by atoms with E-state index < -0.39 is 0 Å². The van der Waals surface area contributed by atoms with E-state index in [1.165, 1.54) is 0 Å². The minimum absolute atomic E-state index is 0. The SMILES string of the molecule is O.O.[AlH3].[KH]. The topological polar surface area (TPSA) is 63.0 Å². The molecule has 0 aliphatic heterocycles. The van der Waals surface area contributed by atoms with E-state index in [4.69, 9.17) is 0 Å². The van der Waals surface area contributed by atoms with Crippen LogP contribution in [-0.4, -0.2) is 79.7 Å². The summed E-state index contributed by atoms with van der Waals surface area (Å²) in [7, 11) is 0. The Kier molecular flexibility index (Phi) is 176. The van der Waals surface area contributed by atoms with Crippen molar-refractivity contribution in [3.05, 3.63) is 0 Å². The van der Waals surface area contributed by atoms with Gasteiger partial charge in [0.2, 0.25) is 0 Å². The first-order valence-corrected chi connectivity index (χ1v) is 0. The van der Waals surface area contributed by atoms with Gasteiger partial charge in [0.25, 0.3) is 0 Å². The average Bonchev–Trinajstić information content (AvgIpc) is 0. The molecule has 0 saturated heterocycles. The van der Waals surface area contributed by atoms with Gasteiger partial charge in [-0.25, -0.2) is 0 Å². The van der Waals surface area contributed by atoms with Gasteiger partial charge in [-0.1, -0.05) is 0 Å². The van der Waals surface area contributed by atoms with Crippen molar-refractivity contribution in [2.24, 2.45) is 0 Å². The molecule has 4 heavy (non-hydrogen) atoms. The van der Waals surface area contributed by atoms with Crippen LogP contribution in [0.5, 0.6) is 0 Å². The molecule has 0 rings (SSSR count). The summed E-state index contributed by atoms with van der Waals surface area (Å²) in [6.07, 6.45) is 0. The molecule has 0 atom stereocenters. The maximum absolute atomic E-state index is 0. The zero-order chi connectivity index (χ0) is 0. The van der Waals surface area contributed by atoms with E-state index in [0.717, 1.165) is 0 Å². The predicted octanol–water partition coefficient (Wildman–Crippen LogP) is -3.48. The van der Waals surface area contributed by atoms with Gasteiger partial charge in [-0.2, -0.15) is 0 Å². The summed E-state index contributed by atoms with van der Waals surface area (Å²) in [5, 5.41) is 0. The number of hydrogen-bond acceptors (Lipinski definition) is 0. The molecule has 0 fully saturated rings. The van der Waals surface area contributed by atoms with E-state index in [2.05, 4.69) is 0 Å². The Labute approximate surface area is 78.1 Å². The van der Waals surface area contributed by atoms with Crippen LogP contribution in [0.3, 0.4) is 0 Å². The minimum atomic E-state index is 0. The fraction of sp³-hybridized carbons (Fsp3) is 0. The third kappa shape index (κ3) is 8.94. The van der Waals surface area contributed by atoms with Crippen LogP contribution in [0.1, 0.15) is 0 Å². The Balaban J connectivity index is 0. The van der Waals surface area contributed by atoms with E-state index in [-0.39, 0.29) is 79.7 Å². The first-order valence-electron chi connectivity index (χ1n) is 0. The van der Waals surface area contributed by atoms with Gasteiger partial charge in [0.1, 0.15) is 0 Å². The molecule has 0 saturated carbocycles.